The summed E-state index contributed by atoms with van der Waals surface area (Å²) in [5, 5.41) is 4.25. The number of nitrogens with zero attached hydrogens (tertiary/aromatic N) is 1. The van der Waals surface area contributed by atoms with Crippen molar-refractivity contribution >= 4 is 16.8 Å². The molecule has 0 spiro atoms. The van der Waals surface area contributed by atoms with Crippen molar-refractivity contribution in [1.82, 2.24) is 9.88 Å². The van der Waals surface area contributed by atoms with E-state index in [1.54, 1.807) is 12.1 Å². The normalized spacial score (nSPS) is 11.5. The monoisotopic (exact) mass is 462 g/mol. The molecule has 4 aromatic carbocycles. The van der Waals surface area contributed by atoms with Gasteiger partial charge in [-0.1, -0.05) is 48.5 Å². The number of nitrogens with one attached hydrogen (secondary N) is 1. The summed E-state index contributed by atoms with van der Waals surface area (Å²) >= 11 is 0. The summed E-state index contributed by atoms with van der Waals surface area (Å²) in [7, 11) is 2.01. The maximum atomic E-state index is 13.4. The standard InChI is InChI=1S/C31H27FN2O/c1-31(2,26-10-5-4-6-11-26)33-30(35)24-9-7-8-22(18-24)23-14-17-28-25(19-23)20-29(34(28)3)21-12-15-27(32)16-13-21/h4-20H,1-3H3,(H,33,35). The summed E-state index contributed by atoms with van der Waals surface area (Å²) < 4.78 is 15.5. The van der Waals surface area contributed by atoms with E-state index in [9.17, 15) is 9.18 Å². The van der Waals surface area contributed by atoms with Crippen molar-refractivity contribution in [3.63, 3.8) is 0 Å². The Morgan fingerprint density at radius 1 is 0.771 bits per heavy atom. The van der Waals surface area contributed by atoms with Crippen molar-refractivity contribution < 1.29 is 9.18 Å². The average molecular weight is 463 g/mol. The van der Waals surface area contributed by atoms with E-state index < -0.39 is 5.54 Å². The van der Waals surface area contributed by atoms with Gasteiger partial charge >= 0.3 is 0 Å². The molecule has 4 heteroatoms. The molecule has 0 aliphatic carbocycles. The number of rotatable bonds is 5. The predicted molar refractivity (Wildman–Crippen MR) is 141 cm³/mol. The van der Waals surface area contributed by atoms with Crippen LogP contribution in [-0.4, -0.2) is 10.5 Å². The number of hydrogen-bond acceptors (Lipinski definition) is 1. The van der Waals surface area contributed by atoms with Gasteiger partial charge in [-0.15, -0.1) is 0 Å². The maximum Gasteiger partial charge on any atom is 0.251 e. The lowest BCUT2D eigenvalue weighted by Gasteiger charge is -2.27. The second-order valence-corrected chi connectivity index (χ2v) is 9.40. The molecular formula is C31H27FN2O. The number of fused-ring (bicyclic) bond motifs is 1. The number of amides is 1. The zero-order valence-corrected chi connectivity index (χ0v) is 20.0. The van der Waals surface area contributed by atoms with Crippen LogP contribution in [0.3, 0.4) is 0 Å². The number of benzene rings is 4. The molecule has 0 fully saturated rings. The second kappa shape index (κ2) is 8.88. The summed E-state index contributed by atoms with van der Waals surface area (Å²) in [6.07, 6.45) is 0. The van der Waals surface area contributed by atoms with Crippen LogP contribution in [0, 0.1) is 5.82 Å². The summed E-state index contributed by atoms with van der Waals surface area (Å²) in [5.74, 6) is -0.356. The van der Waals surface area contributed by atoms with Gasteiger partial charge in [-0.25, -0.2) is 4.39 Å². The third-order valence-corrected chi connectivity index (χ3v) is 6.56. The van der Waals surface area contributed by atoms with Crippen LogP contribution in [0.25, 0.3) is 33.3 Å². The van der Waals surface area contributed by atoms with E-state index in [1.165, 1.54) is 12.1 Å². The highest BCUT2D eigenvalue weighted by atomic mass is 19.1. The molecule has 0 aliphatic rings. The SMILES string of the molecule is Cn1c(-c2ccc(F)cc2)cc2cc(-c3cccc(C(=O)NC(C)(C)c4ccccc4)c3)ccc21. The summed E-state index contributed by atoms with van der Waals surface area (Å²) in [4.78, 5) is 13.1. The van der Waals surface area contributed by atoms with Crippen molar-refractivity contribution in [2.45, 2.75) is 19.4 Å². The van der Waals surface area contributed by atoms with Crippen molar-refractivity contribution in [2.24, 2.45) is 7.05 Å². The van der Waals surface area contributed by atoms with Crippen LogP contribution in [0.4, 0.5) is 4.39 Å². The van der Waals surface area contributed by atoms with Gasteiger partial charge in [-0.3, -0.25) is 4.79 Å². The lowest BCUT2D eigenvalue weighted by atomic mass is 9.93. The van der Waals surface area contributed by atoms with Gasteiger partial charge < -0.3 is 9.88 Å². The fraction of sp³-hybridized carbons (Fsp3) is 0.129. The number of halogens is 1. The topological polar surface area (TPSA) is 34.0 Å². The third-order valence-electron chi connectivity index (χ3n) is 6.56. The summed E-state index contributed by atoms with van der Waals surface area (Å²) in [5.41, 5.74) is 6.26. The number of carbonyl (C=O) groups excluding carboxylic acids is 1. The van der Waals surface area contributed by atoms with E-state index in [-0.39, 0.29) is 11.7 Å². The Labute approximate surface area is 204 Å². The molecule has 0 saturated heterocycles. The molecule has 0 radical (unpaired) electrons. The van der Waals surface area contributed by atoms with Crippen LogP contribution < -0.4 is 5.32 Å². The molecule has 35 heavy (non-hydrogen) atoms. The van der Waals surface area contributed by atoms with Crippen LogP contribution in [0.1, 0.15) is 29.8 Å². The fourth-order valence-corrected chi connectivity index (χ4v) is 4.55. The first-order valence-electron chi connectivity index (χ1n) is 11.7. The van der Waals surface area contributed by atoms with Crippen molar-refractivity contribution in [3.05, 3.63) is 120 Å². The number of hydrogen-bond donors (Lipinski definition) is 1. The Balaban J connectivity index is 1.44. The van der Waals surface area contributed by atoms with Crippen LogP contribution in [0.2, 0.25) is 0 Å². The molecule has 1 amide bonds. The first-order chi connectivity index (χ1) is 16.8. The lowest BCUT2D eigenvalue weighted by molar-refractivity contribution is 0.0912. The molecular weight excluding hydrogens is 435 g/mol. The number of aromatic nitrogens is 1. The molecule has 0 atom stereocenters. The van der Waals surface area contributed by atoms with Gasteiger partial charge in [0.25, 0.3) is 5.91 Å². The van der Waals surface area contributed by atoms with Gasteiger partial charge in [0.05, 0.1) is 5.54 Å². The predicted octanol–water partition coefficient (Wildman–Crippen LogP) is 7.32. The minimum absolute atomic E-state index is 0.111. The first kappa shape index (κ1) is 22.6. The highest BCUT2D eigenvalue weighted by Gasteiger charge is 2.23. The highest BCUT2D eigenvalue weighted by molar-refractivity contribution is 5.97. The van der Waals surface area contributed by atoms with Crippen molar-refractivity contribution in [3.8, 4) is 22.4 Å². The molecule has 0 unspecified atom stereocenters. The zero-order chi connectivity index (χ0) is 24.6. The minimum atomic E-state index is -0.492. The molecule has 0 saturated carbocycles. The second-order valence-electron chi connectivity index (χ2n) is 9.40. The molecule has 174 valence electrons. The molecule has 0 bridgehead atoms. The Morgan fingerprint density at radius 2 is 1.46 bits per heavy atom. The smallest absolute Gasteiger partial charge is 0.251 e. The number of aryl methyl sites for hydroxylation is 1. The van der Waals surface area contributed by atoms with Gasteiger partial charge in [0.15, 0.2) is 0 Å². The maximum absolute atomic E-state index is 13.4. The van der Waals surface area contributed by atoms with Crippen LogP contribution in [0.15, 0.2) is 103 Å². The number of carbonyl (C=O) groups is 1. The van der Waals surface area contributed by atoms with E-state index in [0.717, 1.165) is 38.9 Å². The van der Waals surface area contributed by atoms with E-state index in [4.69, 9.17) is 0 Å². The van der Waals surface area contributed by atoms with E-state index >= 15 is 0 Å². The lowest BCUT2D eigenvalue weighted by Crippen LogP contribution is -2.40. The molecule has 5 rings (SSSR count). The van der Waals surface area contributed by atoms with Gasteiger partial charge in [0.1, 0.15) is 5.82 Å². The van der Waals surface area contributed by atoms with E-state index in [0.29, 0.717) is 5.56 Å². The Bertz CT molecular complexity index is 1520. The van der Waals surface area contributed by atoms with Crippen molar-refractivity contribution in [2.75, 3.05) is 0 Å². The van der Waals surface area contributed by atoms with Crippen LogP contribution >= 0.6 is 0 Å². The van der Waals surface area contributed by atoms with E-state index in [2.05, 4.69) is 34.1 Å². The molecule has 0 aliphatic heterocycles. The quantitative estimate of drug-likeness (QED) is 0.292. The van der Waals surface area contributed by atoms with Crippen LogP contribution in [0.5, 0.6) is 0 Å². The molecule has 1 N–H and O–H groups in total. The van der Waals surface area contributed by atoms with Gasteiger partial charge in [-0.2, -0.15) is 0 Å². The van der Waals surface area contributed by atoms with Gasteiger partial charge in [0.2, 0.25) is 0 Å². The largest absolute Gasteiger partial charge is 0.344 e. The van der Waals surface area contributed by atoms with Crippen LogP contribution in [-0.2, 0) is 12.6 Å². The minimum Gasteiger partial charge on any atom is -0.344 e. The zero-order valence-electron chi connectivity index (χ0n) is 20.0. The Hall–Kier alpha value is -4.18. The Morgan fingerprint density at radius 3 is 2.20 bits per heavy atom. The van der Waals surface area contributed by atoms with E-state index in [1.807, 2.05) is 75.5 Å². The Kier molecular flexibility index (Phi) is 5.73. The third kappa shape index (κ3) is 4.47. The van der Waals surface area contributed by atoms with Crippen molar-refractivity contribution in [1.29, 1.82) is 0 Å². The molecule has 3 nitrogen and oxygen atoms in total. The summed E-state index contributed by atoms with van der Waals surface area (Å²) in [6, 6.07) is 32.6. The first-order valence-corrected chi connectivity index (χ1v) is 11.7. The highest BCUT2D eigenvalue weighted by Crippen LogP contribution is 2.31. The summed E-state index contributed by atoms with van der Waals surface area (Å²) in [6.45, 7) is 4.01. The average Bonchev–Trinajstić information content (AvgIpc) is 3.20. The fourth-order valence-electron chi connectivity index (χ4n) is 4.55. The molecule has 1 heterocycles. The van der Waals surface area contributed by atoms with Gasteiger partial charge in [-0.05, 0) is 90.7 Å². The van der Waals surface area contributed by atoms with Gasteiger partial charge in [0, 0.05) is 29.2 Å². The molecule has 5 aromatic rings. The molecule has 1 aromatic heterocycles.